The molecule has 2 aliphatic rings. The maximum absolute atomic E-state index is 12.7. The Hall–Kier alpha value is -3.81. The molecule has 32 heavy (non-hydrogen) atoms. The second-order valence-corrected chi connectivity index (χ2v) is 8.46. The second-order valence-electron chi connectivity index (χ2n) is 8.46. The molecular formula is C24H22N4O4. The first-order valence-electron chi connectivity index (χ1n) is 10.6. The van der Waals surface area contributed by atoms with Gasteiger partial charge < -0.3 is 9.64 Å². The quantitative estimate of drug-likeness (QED) is 0.450. The zero-order valence-electron chi connectivity index (χ0n) is 17.7. The average molecular weight is 430 g/mol. The van der Waals surface area contributed by atoms with Crippen molar-refractivity contribution in [2.75, 3.05) is 18.0 Å². The SMILES string of the molecule is Cc1ccc2c(c1)C(=O)CC1(CCN(c3ccc(-c4cccc([N+](=O)[O-])c4)nn3)CC1)O2. The van der Waals surface area contributed by atoms with E-state index in [0.717, 1.165) is 24.2 Å². The number of carbonyl (C=O) groups is 1. The van der Waals surface area contributed by atoms with Gasteiger partial charge in [-0.1, -0.05) is 23.8 Å². The van der Waals surface area contributed by atoms with Gasteiger partial charge in [0, 0.05) is 43.6 Å². The molecule has 8 nitrogen and oxygen atoms in total. The molecule has 1 aromatic heterocycles. The summed E-state index contributed by atoms with van der Waals surface area (Å²) in [6.07, 6.45) is 1.84. The van der Waals surface area contributed by atoms with Crippen molar-refractivity contribution in [1.82, 2.24) is 10.2 Å². The van der Waals surface area contributed by atoms with E-state index in [1.807, 2.05) is 37.3 Å². The number of carbonyl (C=O) groups excluding carboxylic acids is 1. The van der Waals surface area contributed by atoms with Crippen LogP contribution in [0.15, 0.2) is 54.6 Å². The third-order valence-electron chi connectivity index (χ3n) is 6.25. The van der Waals surface area contributed by atoms with Crippen molar-refractivity contribution >= 4 is 17.3 Å². The van der Waals surface area contributed by atoms with Crippen LogP contribution in [0.4, 0.5) is 11.5 Å². The molecule has 162 valence electrons. The van der Waals surface area contributed by atoms with Crippen molar-refractivity contribution in [2.45, 2.75) is 31.8 Å². The van der Waals surface area contributed by atoms with Crippen molar-refractivity contribution in [2.24, 2.45) is 0 Å². The lowest BCUT2D eigenvalue weighted by molar-refractivity contribution is -0.384. The van der Waals surface area contributed by atoms with Crippen molar-refractivity contribution in [1.29, 1.82) is 0 Å². The minimum absolute atomic E-state index is 0.0217. The number of non-ortho nitro benzene ring substituents is 1. The normalized spacial score (nSPS) is 17.0. The molecule has 1 fully saturated rings. The van der Waals surface area contributed by atoms with E-state index in [0.29, 0.717) is 42.1 Å². The van der Waals surface area contributed by atoms with E-state index < -0.39 is 10.5 Å². The number of benzene rings is 2. The van der Waals surface area contributed by atoms with E-state index >= 15 is 0 Å². The maximum Gasteiger partial charge on any atom is 0.270 e. The number of Topliss-reactive ketones (excluding diaryl/α,β-unsaturated/α-hetero) is 1. The third-order valence-corrected chi connectivity index (χ3v) is 6.25. The van der Waals surface area contributed by atoms with E-state index in [2.05, 4.69) is 15.1 Å². The van der Waals surface area contributed by atoms with Crippen LogP contribution in [0, 0.1) is 17.0 Å². The van der Waals surface area contributed by atoms with Crippen LogP contribution in [-0.4, -0.2) is 39.6 Å². The van der Waals surface area contributed by atoms with Crippen LogP contribution in [0.25, 0.3) is 11.3 Å². The molecule has 8 heteroatoms. The summed E-state index contributed by atoms with van der Waals surface area (Å²) in [6.45, 7) is 3.39. The van der Waals surface area contributed by atoms with E-state index in [1.54, 1.807) is 12.1 Å². The molecule has 0 bridgehead atoms. The van der Waals surface area contributed by atoms with Crippen LogP contribution in [0.5, 0.6) is 5.75 Å². The fourth-order valence-corrected chi connectivity index (χ4v) is 4.46. The molecule has 0 amide bonds. The lowest BCUT2D eigenvalue weighted by Crippen LogP contribution is -2.51. The Morgan fingerprint density at radius 1 is 1.06 bits per heavy atom. The number of ketones is 1. The molecule has 3 heterocycles. The number of ether oxygens (including phenoxy) is 1. The summed E-state index contributed by atoms with van der Waals surface area (Å²) in [5.74, 6) is 1.57. The van der Waals surface area contributed by atoms with Crippen LogP contribution in [0.1, 0.15) is 35.2 Å². The van der Waals surface area contributed by atoms with Crippen LogP contribution < -0.4 is 9.64 Å². The second kappa shape index (κ2) is 7.71. The van der Waals surface area contributed by atoms with Gasteiger partial charge in [-0.2, -0.15) is 0 Å². The number of hydrogen-bond acceptors (Lipinski definition) is 7. The third kappa shape index (κ3) is 3.68. The Morgan fingerprint density at radius 2 is 1.88 bits per heavy atom. The van der Waals surface area contributed by atoms with Gasteiger partial charge >= 0.3 is 0 Å². The number of fused-ring (bicyclic) bond motifs is 1. The smallest absolute Gasteiger partial charge is 0.270 e. The fraction of sp³-hybridized carbons (Fsp3) is 0.292. The highest BCUT2D eigenvalue weighted by Gasteiger charge is 2.43. The number of aromatic nitrogens is 2. The lowest BCUT2D eigenvalue weighted by Gasteiger charge is -2.44. The standard InChI is InChI=1S/C24H22N4O4/c1-16-5-7-22-19(13-16)21(29)15-24(32-22)9-11-27(12-10-24)23-8-6-20(25-26-23)17-3-2-4-18(14-17)28(30)31/h2-8,13-14H,9-12,15H2,1H3. The van der Waals surface area contributed by atoms with Crippen LogP contribution >= 0.6 is 0 Å². The number of nitro groups is 1. The summed E-state index contributed by atoms with van der Waals surface area (Å²) < 4.78 is 6.34. The van der Waals surface area contributed by atoms with Crippen LogP contribution in [0.2, 0.25) is 0 Å². The topological polar surface area (TPSA) is 98.5 Å². The van der Waals surface area contributed by atoms with Crippen molar-refractivity contribution in [3.05, 3.63) is 75.8 Å². The Kier molecular flexibility index (Phi) is 4.84. The first-order chi connectivity index (χ1) is 15.4. The van der Waals surface area contributed by atoms with Crippen molar-refractivity contribution in [3.63, 3.8) is 0 Å². The summed E-state index contributed by atoms with van der Waals surface area (Å²) in [7, 11) is 0. The van der Waals surface area contributed by atoms with E-state index in [1.165, 1.54) is 12.1 Å². The summed E-state index contributed by atoms with van der Waals surface area (Å²) in [4.78, 5) is 25.5. The van der Waals surface area contributed by atoms with Crippen LogP contribution in [-0.2, 0) is 0 Å². The van der Waals surface area contributed by atoms with Crippen molar-refractivity contribution in [3.8, 4) is 17.0 Å². The van der Waals surface area contributed by atoms with E-state index in [-0.39, 0.29) is 11.5 Å². The lowest BCUT2D eigenvalue weighted by atomic mass is 9.82. The van der Waals surface area contributed by atoms with E-state index in [4.69, 9.17) is 4.74 Å². The van der Waals surface area contributed by atoms with Gasteiger partial charge in [0.15, 0.2) is 11.6 Å². The number of nitrogens with zero attached hydrogens (tertiary/aromatic N) is 4. The minimum atomic E-state index is -0.466. The van der Waals surface area contributed by atoms with Gasteiger partial charge in [-0.25, -0.2) is 0 Å². The largest absolute Gasteiger partial charge is 0.486 e. The molecule has 2 aliphatic heterocycles. The number of piperidine rings is 1. The Labute approximate surface area is 185 Å². The molecule has 1 spiro atoms. The molecule has 5 rings (SSSR count). The monoisotopic (exact) mass is 430 g/mol. The number of aryl methyl sites for hydroxylation is 1. The summed E-state index contributed by atoms with van der Waals surface area (Å²) in [5, 5.41) is 19.6. The molecule has 1 saturated heterocycles. The molecule has 0 saturated carbocycles. The maximum atomic E-state index is 12.7. The highest BCUT2D eigenvalue weighted by Crippen LogP contribution is 2.40. The van der Waals surface area contributed by atoms with Crippen molar-refractivity contribution < 1.29 is 14.5 Å². The van der Waals surface area contributed by atoms with Crippen LogP contribution in [0.3, 0.4) is 0 Å². The van der Waals surface area contributed by atoms with Gasteiger partial charge in [0.1, 0.15) is 11.4 Å². The molecule has 3 aromatic rings. The zero-order chi connectivity index (χ0) is 22.3. The first-order valence-corrected chi connectivity index (χ1v) is 10.6. The van der Waals surface area contributed by atoms with Gasteiger partial charge in [0.2, 0.25) is 0 Å². The molecule has 0 N–H and O–H groups in total. The summed E-state index contributed by atoms with van der Waals surface area (Å²) in [6, 6.07) is 15.8. The Balaban J connectivity index is 1.29. The Bertz CT molecular complexity index is 1200. The predicted molar refractivity (Wildman–Crippen MR) is 119 cm³/mol. The van der Waals surface area contributed by atoms with Gasteiger partial charge in [-0.15, -0.1) is 10.2 Å². The highest BCUT2D eigenvalue weighted by atomic mass is 16.6. The number of nitro benzene ring substituents is 1. The average Bonchev–Trinajstić information content (AvgIpc) is 2.80. The first kappa shape index (κ1) is 20.1. The minimum Gasteiger partial charge on any atom is -0.486 e. The Morgan fingerprint density at radius 3 is 2.59 bits per heavy atom. The zero-order valence-corrected chi connectivity index (χ0v) is 17.7. The van der Waals surface area contributed by atoms with Gasteiger partial charge in [-0.3, -0.25) is 14.9 Å². The molecular weight excluding hydrogens is 408 g/mol. The van der Waals surface area contributed by atoms with Gasteiger partial charge in [0.05, 0.1) is 22.6 Å². The number of anilines is 1. The highest BCUT2D eigenvalue weighted by molar-refractivity contribution is 6.00. The predicted octanol–water partition coefficient (Wildman–Crippen LogP) is 4.36. The fourth-order valence-electron chi connectivity index (χ4n) is 4.46. The van der Waals surface area contributed by atoms with Gasteiger partial charge in [0.25, 0.3) is 5.69 Å². The van der Waals surface area contributed by atoms with E-state index in [9.17, 15) is 14.9 Å². The summed E-state index contributed by atoms with van der Waals surface area (Å²) >= 11 is 0. The molecule has 0 aliphatic carbocycles. The molecule has 0 unspecified atom stereocenters. The van der Waals surface area contributed by atoms with Gasteiger partial charge in [-0.05, 0) is 31.2 Å². The molecule has 2 aromatic carbocycles. The summed E-state index contributed by atoms with van der Waals surface area (Å²) in [5.41, 5.74) is 2.53. The molecule has 0 radical (unpaired) electrons. The molecule has 0 atom stereocenters. The number of rotatable bonds is 3. The number of hydrogen-bond donors (Lipinski definition) is 0.